The number of ether oxygens (including phenoxy) is 1. The zero-order valence-corrected chi connectivity index (χ0v) is 14.8. The van der Waals surface area contributed by atoms with Crippen molar-refractivity contribution in [2.75, 3.05) is 36.5 Å². The highest BCUT2D eigenvalue weighted by molar-refractivity contribution is 6.06. The Labute approximate surface area is 151 Å². The van der Waals surface area contributed by atoms with E-state index in [1.165, 1.54) is 12.1 Å². The van der Waals surface area contributed by atoms with Gasteiger partial charge in [-0.1, -0.05) is 6.07 Å². The average molecular weight is 355 g/mol. The van der Waals surface area contributed by atoms with Crippen LogP contribution in [0.25, 0.3) is 0 Å². The van der Waals surface area contributed by atoms with Crippen molar-refractivity contribution in [2.24, 2.45) is 0 Å². The fraction of sp³-hybridized carbons (Fsp3) is 0.316. The average Bonchev–Trinajstić information content (AvgIpc) is 2.64. The van der Waals surface area contributed by atoms with Gasteiger partial charge in [0.2, 0.25) is 0 Å². The number of hydrogen-bond acceptors (Lipinski definition) is 5. The Balaban J connectivity index is 1.79. The number of nitrogens with one attached hydrogen (secondary N) is 1. The van der Waals surface area contributed by atoms with Gasteiger partial charge in [-0.2, -0.15) is 0 Å². The molecule has 7 heteroatoms. The number of morpholine rings is 1. The number of nitro benzene ring substituents is 1. The summed E-state index contributed by atoms with van der Waals surface area (Å²) in [6.45, 7) is 6.63. The maximum atomic E-state index is 12.6. The molecule has 1 N–H and O–H groups in total. The van der Waals surface area contributed by atoms with E-state index in [2.05, 4.69) is 10.2 Å². The molecular weight excluding hydrogens is 334 g/mol. The summed E-state index contributed by atoms with van der Waals surface area (Å²) in [5.41, 5.74) is 3.32. The molecule has 1 amide bonds. The topological polar surface area (TPSA) is 84.7 Å². The van der Waals surface area contributed by atoms with Crippen molar-refractivity contribution in [3.05, 3.63) is 63.2 Å². The maximum absolute atomic E-state index is 12.6. The van der Waals surface area contributed by atoms with Crippen LogP contribution in [0, 0.1) is 24.0 Å². The van der Waals surface area contributed by atoms with E-state index in [0.29, 0.717) is 30.0 Å². The monoisotopic (exact) mass is 355 g/mol. The molecule has 0 atom stereocenters. The van der Waals surface area contributed by atoms with Gasteiger partial charge >= 0.3 is 0 Å². The number of hydrogen-bond donors (Lipinski definition) is 1. The van der Waals surface area contributed by atoms with Crippen molar-refractivity contribution in [2.45, 2.75) is 13.8 Å². The maximum Gasteiger partial charge on any atom is 0.273 e. The largest absolute Gasteiger partial charge is 0.378 e. The number of rotatable bonds is 4. The molecule has 26 heavy (non-hydrogen) atoms. The van der Waals surface area contributed by atoms with Gasteiger partial charge in [-0.3, -0.25) is 14.9 Å². The normalized spacial score (nSPS) is 14.2. The van der Waals surface area contributed by atoms with E-state index in [1.807, 2.05) is 25.1 Å². The highest BCUT2D eigenvalue weighted by atomic mass is 16.6. The number of anilines is 2. The Hall–Kier alpha value is -2.93. The smallest absolute Gasteiger partial charge is 0.273 e. The predicted molar refractivity (Wildman–Crippen MR) is 100.0 cm³/mol. The molecule has 1 saturated heterocycles. The molecule has 0 radical (unpaired) electrons. The van der Waals surface area contributed by atoms with Crippen LogP contribution in [0.2, 0.25) is 0 Å². The highest BCUT2D eigenvalue weighted by Crippen LogP contribution is 2.26. The predicted octanol–water partition coefficient (Wildman–Crippen LogP) is 3.30. The van der Waals surface area contributed by atoms with E-state index in [1.54, 1.807) is 13.0 Å². The van der Waals surface area contributed by atoms with Crippen molar-refractivity contribution >= 4 is 23.0 Å². The molecule has 2 aromatic rings. The Morgan fingerprint density at radius 3 is 2.58 bits per heavy atom. The number of amides is 1. The van der Waals surface area contributed by atoms with Crippen LogP contribution in [-0.2, 0) is 4.74 Å². The van der Waals surface area contributed by atoms with Gasteiger partial charge < -0.3 is 15.0 Å². The second-order valence-electron chi connectivity index (χ2n) is 6.26. The van der Waals surface area contributed by atoms with Gasteiger partial charge in [0.15, 0.2) is 0 Å². The molecule has 0 bridgehead atoms. The second kappa shape index (κ2) is 7.53. The molecule has 0 saturated carbocycles. The van der Waals surface area contributed by atoms with Crippen molar-refractivity contribution in [3.8, 4) is 0 Å². The molecular formula is C19H21N3O4. The lowest BCUT2D eigenvalue weighted by molar-refractivity contribution is -0.385. The molecule has 1 aliphatic rings. The van der Waals surface area contributed by atoms with Gasteiger partial charge in [-0.25, -0.2) is 0 Å². The minimum absolute atomic E-state index is 0.0583. The van der Waals surface area contributed by atoms with Crippen LogP contribution in [-0.4, -0.2) is 37.1 Å². The van der Waals surface area contributed by atoms with Gasteiger partial charge in [0.25, 0.3) is 11.6 Å². The van der Waals surface area contributed by atoms with Crippen LogP contribution in [0.15, 0.2) is 36.4 Å². The third kappa shape index (κ3) is 3.67. The third-order valence-corrected chi connectivity index (χ3v) is 4.58. The summed E-state index contributed by atoms with van der Waals surface area (Å²) < 4.78 is 5.37. The summed E-state index contributed by atoms with van der Waals surface area (Å²) in [6, 6.07) is 10.4. The van der Waals surface area contributed by atoms with Gasteiger partial charge in [0.1, 0.15) is 0 Å². The molecule has 3 rings (SSSR count). The van der Waals surface area contributed by atoms with E-state index < -0.39 is 4.92 Å². The summed E-state index contributed by atoms with van der Waals surface area (Å²) in [5, 5.41) is 13.9. The van der Waals surface area contributed by atoms with Crippen LogP contribution in [0.4, 0.5) is 17.1 Å². The molecule has 136 valence electrons. The Morgan fingerprint density at radius 2 is 1.92 bits per heavy atom. The minimum Gasteiger partial charge on any atom is -0.378 e. The van der Waals surface area contributed by atoms with Crippen molar-refractivity contribution < 1.29 is 14.5 Å². The van der Waals surface area contributed by atoms with Gasteiger partial charge in [-0.05, 0) is 43.7 Å². The first-order valence-corrected chi connectivity index (χ1v) is 8.46. The molecule has 0 aliphatic carbocycles. The fourth-order valence-electron chi connectivity index (χ4n) is 3.06. The fourth-order valence-corrected chi connectivity index (χ4v) is 3.06. The zero-order chi connectivity index (χ0) is 18.7. The first-order chi connectivity index (χ1) is 12.5. The van der Waals surface area contributed by atoms with E-state index in [-0.39, 0.29) is 11.6 Å². The number of nitro groups is 1. The van der Waals surface area contributed by atoms with Gasteiger partial charge in [0.05, 0.1) is 18.1 Å². The van der Waals surface area contributed by atoms with Crippen LogP contribution >= 0.6 is 0 Å². The molecule has 7 nitrogen and oxygen atoms in total. The number of benzene rings is 2. The summed E-state index contributed by atoms with van der Waals surface area (Å²) in [4.78, 5) is 25.4. The molecule has 0 aromatic heterocycles. The molecule has 2 aromatic carbocycles. The van der Waals surface area contributed by atoms with Crippen LogP contribution in [0.3, 0.4) is 0 Å². The summed E-state index contributed by atoms with van der Waals surface area (Å²) >= 11 is 0. The summed E-state index contributed by atoms with van der Waals surface area (Å²) in [7, 11) is 0. The van der Waals surface area contributed by atoms with Gasteiger partial charge in [0, 0.05) is 41.7 Å². The summed E-state index contributed by atoms with van der Waals surface area (Å²) in [5.74, 6) is -0.353. The minimum atomic E-state index is -0.478. The first kappa shape index (κ1) is 17.9. The lowest BCUT2D eigenvalue weighted by atomic mass is 10.1. The molecule has 0 spiro atoms. The summed E-state index contributed by atoms with van der Waals surface area (Å²) in [6.07, 6.45) is 0. The van der Waals surface area contributed by atoms with Gasteiger partial charge in [-0.15, -0.1) is 0 Å². The zero-order valence-electron chi connectivity index (χ0n) is 14.8. The standard InChI is InChI=1S/C19H21N3O4/c1-13-12-15(21-8-10-26-11-9-21)6-7-17(13)20-19(23)16-4-3-5-18(14(16)2)22(24)25/h3-7,12H,8-11H2,1-2H3,(H,20,23). The van der Waals surface area contributed by atoms with Crippen LogP contribution in [0.1, 0.15) is 21.5 Å². The lowest BCUT2D eigenvalue weighted by Gasteiger charge is -2.29. The lowest BCUT2D eigenvalue weighted by Crippen LogP contribution is -2.36. The highest BCUT2D eigenvalue weighted by Gasteiger charge is 2.19. The second-order valence-corrected chi connectivity index (χ2v) is 6.26. The van der Waals surface area contributed by atoms with E-state index in [9.17, 15) is 14.9 Å². The van der Waals surface area contributed by atoms with Crippen molar-refractivity contribution in [3.63, 3.8) is 0 Å². The molecule has 1 fully saturated rings. The molecule has 1 heterocycles. The third-order valence-electron chi connectivity index (χ3n) is 4.58. The number of nitrogens with zero attached hydrogens (tertiary/aromatic N) is 2. The Bertz CT molecular complexity index is 845. The van der Waals surface area contributed by atoms with Crippen molar-refractivity contribution in [1.82, 2.24) is 0 Å². The Kier molecular flexibility index (Phi) is 5.18. The van der Waals surface area contributed by atoms with E-state index in [0.717, 1.165) is 24.3 Å². The first-order valence-electron chi connectivity index (χ1n) is 8.46. The molecule has 0 unspecified atom stereocenters. The van der Waals surface area contributed by atoms with Crippen LogP contribution < -0.4 is 10.2 Å². The Morgan fingerprint density at radius 1 is 1.19 bits per heavy atom. The number of aryl methyl sites for hydroxylation is 1. The van der Waals surface area contributed by atoms with Crippen LogP contribution in [0.5, 0.6) is 0 Å². The SMILES string of the molecule is Cc1cc(N2CCOCC2)ccc1NC(=O)c1cccc([N+](=O)[O-])c1C. The molecule has 1 aliphatic heterocycles. The van der Waals surface area contributed by atoms with E-state index >= 15 is 0 Å². The number of carbonyl (C=O) groups excluding carboxylic acids is 1. The quantitative estimate of drug-likeness (QED) is 0.672. The van der Waals surface area contributed by atoms with E-state index in [4.69, 9.17) is 4.74 Å². The van der Waals surface area contributed by atoms with Crippen molar-refractivity contribution in [1.29, 1.82) is 0 Å². The number of carbonyl (C=O) groups is 1.